The summed E-state index contributed by atoms with van der Waals surface area (Å²) < 4.78 is 5.26. The van der Waals surface area contributed by atoms with Crippen LogP contribution in [-0.2, 0) is 11.2 Å². The Morgan fingerprint density at radius 1 is 1.19 bits per heavy atom. The van der Waals surface area contributed by atoms with Crippen LogP contribution in [0.2, 0.25) is 0 Å². The molecular formula is C17H20N2O2. The molecule has 1 amide bonds. The molecule has 0 atom stereocenters. The largest absolute Gasteiger partial charge is 0.496 e. The summed E-state index contributed by atoms with van der Waals surface area (Å²) in [4.78, 5) is 12.3. The summed E-state index contributed by atoms with van der Waals surface area (Å²) in [5.41, 5.74) is 10.1. The van der Waals surface area contributed by atoms with Crippen molar-refractivity contribution in [1.82, 2.24) is 0 Å². The molecule has 0 bridgehead atoms. The number of nitrogen functional groups attached to an aromatic ring is 1. The van der Waals surface area contributed by atoms with Gasteiger partial charge in [-0.2, -0.15) is 0 Å². The molecule has 0 unspecified atom stereocenters. The standard InChI is InChI=1S/C17H20N2O2/c1-11-8-9-14(18)12(2)17(11)19-16(20)10-13-6-4-5-7-15(13)21-3/h4-9H,10,18H2,1-3H3,(H,19,20). The van der Waals surface area contributed by atoms with Crippen molar-refractivity contribution < 1.29 is 9.53 Å². The Labute approximate surface area is 124 Å². The number of nitrogens with one attached hydrogen (secondary N) is 1. The number of ether oxygens (including phenoxy) is 1. The summed E-state index contributed by atoms with van der Waals surface area (Å²) in [6.45, 7) is 3.85. The van der Waals surface area contributed by atoms with Gasteiger partial charge in [-0.1, -0.05) is 24.3 Å². The number of rotatable bonds is 4. The maximum absolute atomic E-state index is 12.3. The van der Waals surface area contributed by atoms with Gasteiger partial charge in [-0.05, 0) is 37.1 Å². The van der Waals surface area contributed by atoms with E-state index in [1.807, 2.05) is 50.2 Å². The summed E-state index contributed by atoms with van der Waals surface area (Å²) in [6.07, 6.45) is 0.262. The number of aryl methyl sites for hydroxylation is 1. The Hall–Kier alpha value is -2.49. The molecule has 0 aliphatic rings. The molecule has 2 aromatic carbocycles. The molecule has 0 saturated heterocycles. The van der Waals surface area contributed by atoms with Gasteiger partial charge in [0.05, 0.1) is 13.5 Å². The van der Waals surface area contributed by atoms with Crippen LogP contribution in [0.3, 0.4) is 0 Å². The SMILES string of the molecule is COc1ccccc1CC(=O)Nc1c(C)ccc(N)c1C. The molecule has 2 rings (SSSR count). The maximum atomic E-state index is 12.3. The fourth-order valence-corrected chi connectivity index (χ4v) is 2.26. The number of carbonyl (C=O) groups excluding carboxylic acids is 1. The second-order valence-electron chi connectivity index (χ2n) is 5.01. The third kappa shape index (κ3) is 3.34. The van der Waals surface area contributed by atoms with E-state index in [0.29, 0.717) is 11.4 Å². The Morgan fingerprint density at radius 2 is 1.90 bits per heavy atom. The van der Waals surface area contributed by atoms with Crippen LogP contribution in [-0.4, -0.2) is 13.0 Å². The van der Waals surface area contributed by atoms with Crippen molar-refractivity contribution in [1.29, 1.82) is 0 Å². The van der Waals surface area contributed by atoms with Crippen molar-refractivity contribution in [2.45, 2.75) is 20.3 Å². The third-order valence-corrected chi connectivity index (χ3v) is 3.52. The molecule has 0 saturated carbocycles. The maximum Gasteiger partial charge on any atom is 0.228 e. The first-order chi connectivity index (χ1) is 10.0. The van der Waals surface area contributed by atoms with E-state index < -0.39 is 0 Å². The Morgan fingerprint density at radius 3 is 2.62 bits per heavy atom. The lowest BCUT2D eigenvalue weighted by Crippen LogP contribution is -2.17. The van der Waals surface area contributed by atoms with E-state index in [4.69, 9.17) is 10.5 Å². The number of methoxy groups -OCH3 is 1. The van der Waals surface area contributed by atoms with Crippen molar-refractivity contribution in [3.8, 4) is 5.75 Å². The van der Waals surface area contributed by atoms with Crippen LogP contribution >= 0.6 is 0 Å². The van der Waals surface area contributed by atoms with Crippen molar-refractivity contribution in [2.75, 3.05) is 18.2 Å². The molecule has 0 spiro atoms. The summed E-state index contributed by atoms with van der Waals surface area (Å²) >= 11 is 0. The molecule has 0 radical (unpaired) electrons. The van der Waals surface area contributed by atoms with E-state index in [1.54, 1.807) is 7.11 Å². The van der Waals surface area contributed by atoms with E-state index in [-0.39, 0.29) is 12.3 Å². The van der Waals surface area contributed by atoms with Gasteiger partial charge in [0.1, 0.15) is 5.75 Å². The smallest absolute Gasteiger partial charge is 0.228 e. The van der Waals surface area contributed by atoms with Gasteiger partial charge in [-0.3, -0.25) is 4.79 Å². The average Bonchev–Trinajstić information content (AvgIpc) is 2.48. The van der Waals surface area contributed by atoms with E-state index in [1.165, 1.54) is 0 Å². The highest BCUT2D eigenvalue weighted by molar-refractivity contribution is 5.94. The van der Waals surface area contributed by atoms with E-state index in [2.05, 4.69) is 5.32 Å². The van der Waals surface area contributed by atoms with Gasteiger partial charge in [0.15, 0.2) is 0 Å². The van der Waals surface area contributed by atoms with Crippen molar-refractivity contribution in [3.63, 3.8) is 0 Å². The second kappa shape index (κ2) is 6.31. The fourth-order valence-electron chi connectivity index (χ4n) is 2.26. The van der Waals surface area contributed by atoms with Gasteiger partial charge < -0.3 is 15.8 Å². The highest BCUT2D eigenvalue weighted by atomic mass is 16.5. The van der Waals surface area contributed by atoms with Gasteiger partial charge in [0.2, 0.25) is 5.91 Å². The zero-order chi connectivity index (χ0) is 15.4. The topological polar surface area (TPSA) is 64.3 Å². The molecule has 0 aliphatic heterocycles. The van der Waals surface area contributed by atoms with Crippen LogP contribution < -0.4 is 15.8 Å². The molecule has 21 heavy (non-hydrogen) atoms. The minimum Gasteiger partial charge on any atom is -0.496 e. The molecule has 110 valence electrons. The van der Waals surface area contributed by atoms with Crippen molar-refractivity contribution in [2.24, 2.45) is 0 Å². The predicted octanol–water partition coefficient (Wildman–Crippen LogP) is 3.08. The van der Waals surface area contributed by atoms with Crippen LogP contribution in [0.15, 0.2) is 36.4 Å². The van der Waals surface area contributed by atoms with Gasteiger partial charge >= 0.3 is 0 Å². The monoisotopic (exact) mass is 284 g/mol. The minimum absolute atomic E-state index is 0.0868. The summed E-state index contributed by atoms with van der Waals surface area (Å²) in [6, 6.07) is 11.3. The van der Waals surface area contributed by atoms with E-state index >= 15 is 0 Å². The van der Waals surface area contributed by atoms with Crippen LogP contribution in [0.4, 0.5) is 11.4 Å². The number of carbonyl (C=O) groups is 1. The average molecular weight is 284 g/mol. The molecular weight excluding hydrogens is 264 g/mol. The quantitative estimate of drug-likeness (QED) is 0.848. The van der Waals surface area contributed by atoms with Gasteiger partial charge in [0, 0.05) is 16.9 Å². The lowest BCUT2D eigenvalue weighted by molar-refractivity contribution is -0.115. The molecule has 0 aromatic heterocycles. The molecule has 4 heteroatoms. The van der Waals surface area contributed by atoms with Crippen LogP contribution in [0.5, 0.6) is 5.75 Å². The summed E-state index contributed by atoms with van der Waals surface area (Å²) in [7, 11) is 1.60. The first-order valence-corrected chi connectivity index (χ1v) is 6.80. The van der Waals surface area contributed by atoms with Crippen molar-refractivity contribution >= 4 is 17.3 Å². The van der Waals surface area contributed by atoms with Gasteiger partial charge in [-0.15, -0.1) is 0 Å². The number of amides is 1. The Balaban J connectivity index is 2.18. The number of hydrogen-bond donors (Lipinski definition) is 2. The Bertz CT molecular complexity index is 666. The van der Waals surface area contributed by atoms with E-state index in [9.17, 15) is 4.79 Å². The minimum atomic E-state index is -0.0868. The van der Waals surface area contributed by atoms with Crippen LogP contribution in [0, 0.1) is 13.8 Å². The lowest BCUT2D eigenvalue weighted by Gasteiger charge is -2.14. The van der Waals surface area contributed by atoms with Gasteiger partial charge in [-0.25, -0.2) is 0 Å². The zero-order valence-corrected chi connectivity index (χ0v) is 12.6. The fraction of sp³-hybridized carbons (Fsp3) is 0.235. The van der Waals surface area contributed by atoms with E-state index in [0.717, 1.165) is 22.4 Å². The van der Waals surface area contributed by atoms with Crippen molar-refractivity contribution in [3.05, 3.63) is 53.1 Å². The third-order valence-electron chi connectivity index (χ3n) is 3.52. The van der Waals surface area contributed by atoms with Crippen LogP contribution in [0.1, 0.15) is 16.7 Å². The Kier molecular flexibility index (Phi) is 4.48. The molecule has 3 N–H and O–H groups in total. The number of anilines is 2. The van der Waals surface area contributed by atoms with Crippen LogP contribution in [0.25, 0.3) is 0 Å². The molecule has 2 aromatic rings. The number of hydrogen-bond acceptors (Lipinski definition) is 3. The zero-order valence-electron chi connectivity index (χ0n) is 12.6. The molecule has 0 fully saturated rings. The predicted molar refractivity (Wildman–Crippen MR) is 85.7 cm³/mol. The molecule has 4 nitrogen and oxygen atoms in total. The first-order valence-electron chi connectivity index (χ1n) is 6.80. The second-order valence-corrected chi connectivity index (χ2v) is 5.01. The summed E-state index contributed by atoms with van der Waals surface area (Å²) in [5.74, 6) is 0.630. The number of benzene rings is 2. The first kappa shape index (κ1) is 14.9. The highest BCUT2D eigenvalue weighted by Crippen LogP contribution is 2.26. The number of para-hydroxylation sites is 1. The normalized spacial score (nSPS) is 10.2. The molecule has 0 heterocycles. The number of nitrogens with two attached hydrogens (primary N) is 1. The van der Waals surface area contributed by atoms with Gasteiger partial charge in [0.25, 0.3) is 0 Å². The summed E-state index contributed by atoms with van der Waals surface area (Å²) in [5, 5.41) is 2.94. The molecule has 0 aliphatic carbocycles. The lowest BCUT2D eigenvalue weighted by atomic mass is 10.1. The highest BCUT2D eigenvalue weighted by Gasteiger charge is 2.12.